The van der Waals surface area contributed by atoms with Crippen LogP contribution >= 0.6 is 15.9 Å². The number of nitrogens with zero attached hydrogens (tertiary/aromatic N) is 1. The highest BCUT2D eigenvalue weighted by Gasteiger charge is 2.16. The van der Waals surface area contributed by atoms with Crippen molar-refractivity contribution in [3.63, 3.8) is 0 Å². The van der Waals surface area contributed by atoms with Gasteiger partial charge in [-0.1, -0.05) is 36.4 Å². The van der Waals surface area contributed by atoms with E-state index in [9.17, 15) is 4.39 Å². The number of hydrogen-bond donors (Lipinski definition) is 1. The fourth-order valence-corrected chi connectivity index (χ4v) is 2.64. The van der Waals surface area contributed by atoms with E-state index in [0.717, 1.165) is 18.5 Å². The maximum atomic E-state index is 13.7. The first-order valence-corrected chi connectivity index (χ1v) is 7.80. The first kappa shape index (κ1) is 16.1. The Morgan fingerprint density at radius 3 is 2.52 bits per heavy atom. The third-order valence-electron chi connectivity index (χ3n) is 3.68. The van der Waals surface area contributed by atoms with E-state index in [1.807, 2.05) is 31.3 Å². The molecule has 0 aromatic heterocycles. The number of likely N-dealkylation sites (N-methyl/N-ethyl adjacent to an activating group) is 1. The highest BCUT2D eigenvalue weighted by atomic mass is 79.9. The van der Waals surface area contributed by atoms with Gasteiger partial charge < -0.3 is 5.73 Å². The van der Waals surface area contributed by atoms with Gasteiger partial charge in [0.2, 0.25) is 0 Å². The van der Waals surface area contributed by atoms with Gasteiger partial charge in [-0.3, -0.25) is 4.90 Å². The molecule has 0 bridgehead atoms. The third-order valence-corrected chi connectivity index (χ3v) is 4.32. The van der Waals surface area contributed by atoms with Crippen LogP contribution < -0.4 is 5.73 Å². The second-order valence-corrected chi connectivity index (χ2v) is 6.00. The molecule has 2 N–H and O–H groups in total. The zero-order valence-electron chi connectivity index (χ0n) is 12.1. The summed E-state index contributed by atoms with van der Waals surface area (Å²) in [7, 11) is 2.03. The van der Waals surface area contributed by atoms with Crippen LogP contribution in [0.4, 0.5) is 4.39 Å². The van der Waals surface area contributed by atoms with Crippen molar-refractivity contribution >= 4 is 15.9 Å². The van der Waals surface area contributed by atoms with Gasteiger partial charge in [0.15, 0.2) is 0 Å². The zero-order chi connectivity index (χ0) is 15.2. The lowest BCUT2D eigenvalue weighted by Gasteiger charge is -2.27. The van der Waals surface area contributed by atoms with Crippen LogP contribution in [0.25, 0.3) is 0 Å². The second kappa shape index (κ2) is 7.69. The highest BCUT2D eigenvalue weighted by Crippen LogP contribution is 2.23. The Bertz CT molecular complexity index is 574. The highest BCUT2D eigenvalue weighted by molar-refractivity contribution is 9.10. The quantitative estimate of drug-likeness (QED) is 0.859. The topological polar surface area (TPSA) is 29.3 Å². The van der Waals surface area contributed by atoms with Crippen LogP contribution in [0.15, 0.2) is 53.0 Å². The van der Waals surface area contributed by atoms with Gasteiger partial charge in [-0.2, -0.15) is 0 Å². The van der Waals surface area contributed by atoms with Gasteiger partial charge in [-0.25, -0.2) is 4.39 Å². The fourth-order valence-electron chi connectivity index (χ4n) is 2.40. The summed E-state index contributed by atoms with van der Waals surface area (Å²) >= 11 is 3.18. The first-order chi connectivity index (χ1) is 10.1. The molecule has 0 aliphatic carbocycles. The molecule has 4 heteroatoms. The number of hydrogen-bond acceptors (Lipinski definition) is 2. The SMILES string of the molecule is CN(CCc1ccccc1)C(CN)c1ccc(Br)c(F)c1. The molecule has 2 nitrogen and oxygen atoms in total. The lowest BCUT2D eigenvalue weighted by molar-refractivity contribution is 0.252. The van der Waals surface area contributed by atoms with E-state index in [1.54, 1.807) is 12.1 Å². The summed E-state index contributed by atoms with van der Waals surface area (Å²) in [6.45, 7) is 1.34. The molecular weight excluding hydrogens is 331 g/mol. The van der Waals surface area contributed by atoms with E-state index < -0.39 is 0 Å². The monoisotopic (exact) mass is 350 g/mol. The summed E-state index contributed by atoms with van der Waals surface area (Å²) in [5.41, 5.74) is 8.09. The summed E-state index contributed by atoms with van der Waals surface area (Å²) < 4.78 is 14.2. The van der Waals surface area contributed by atoms with Crippen molar-refractivity contribution in [3.05, 3.63) is 69.9 Å². The molecule has 0 heterocycles. The largest absolute Gasteiger partial charge is 0.329 e. The number of benzene rings is 2. The first-order valence-electron chi connectivity index (χ1n) is 7.01. The molecule has 112 valence electrons. The van der Waals surface area contributed by atoms with Crippen molar-refractivity contribution in [2.45, 2.75) is 12.5 Å². The molecular formula is C17H20BrFN2. The van der Waals surface area contributed by atoms with Gasteiger partial charge in [0.1, 0.15) is 5.82 Å². The molecule has 21 heavy (non-hydrogen) atoms. The van der Waals surface area contributed by atoms with Crippen LogP contribution in [0.1, 0.15) is 17.2 Å². The van der Waals surface area contributed by atoms with Crippen molar-refractivity contribution in [3.8, 4) is 0 Å². The number of rotatable bonds is 6. The Kier molecular flexibility index (Phi) is 5.91. The molecule has 1 unspecified atom stereocenters. The molecule has 0 fully saturated rings. The summed E-state index contributed by atoms with van der Waals surface area (Å²) in [6.07, 6.45) is 0.951. The fraction of sp³-hybridized carbons (Fsp3) is 0.294. The molecule has 0 saturated heterocycles. The second-order valence-electron chi connectivity index (χ2n) is 5.14. The maximum absolute atomic E-state index is 13.7. The van der Waals surface area contributed by atoms with Crippen LogP contribution in [0, 0.1) is 5.82 Å². The van der Waals surface area contributed by atoms with Gasteiger partial charge in [0.05, 0.1) is 4.47 Å². The molecule has 2 rings (SSSR count). The van der Waals surface area contributed by atoms with Crippen molar-refractivity contribution < 1.29 is 4.39 Å². The Balaban J connectivity index is 2.04. The molecule has 0 saturated carbocycles. The van der Waals surface area contributed by atoms with Crippen molar-refractivity contribution in [1.82, 2.24) is 4.90 Å². The van der Waals surface area contributed by atoms with Crippen molar-refractivity contribution in [1.29, 1.82) is 0 Å². The Morgan fingerprint density at radius 2 is 1.90 bits per heavy atom. The Labute approximate surface area is 133 Å². The average molecular weight is 351 g/mol. The van der Waals surface area contributed by atoms with Gasteiger partial charge in [-0.15, -0.1) is 0 Å². The molecule has 0 spiro atoms. The predicted octanol–water partition coefficient (Wildman–Crippen LogP) is 3.76. The van der Waals surface area contributed by atoms with Crippen LogP contribution in [0.3, 0.4) is 0 Å². The summed E-state index contributed by atoms with van der Waals surface area (Å²) in [5, 5.41) is 0. The lowest BCUT2D eigenvalue weighted by Crippen LogP contribution is -2.32. The van der Waals surface area contributed by atoms with E-state index in [-0.39, 0.29) is 11.9 Å². The number of halogens is 2. The molecule has 0 aliphatic rings. The van der Waals surface area contributed by atoms with Crippen LogP contribution in [0.2, 0.25) is 0 Å². The lowest BCUT2D eigenvalue weighted by atomic mass is 10.0. The van der Waals surface area contributed by atoms with E-state index in [2.05, 4.69) is 33.0 Å². The summed E-state index contributed by atoms with van der Waals surface area (Å²) in [5.74, 6) is -0.248. The van der Waals surface area contributed by atoms with Crippen molar-refractivity contribution in [2.24, 2.45) is 5.73 Å². The van der Waals surface area contributed by atoms with E-state index in [0.29, 0.717) is 11.0 Å². The normalized spacial score (nSPS) is 12.6. The van der Waals surface area contributed by atoms with Crippen LogP contribution in [0.5, 0.6) is 0 Å². The minimum absolute atomic E-state index is 0.0244. The molecule has 2 aromatic rings. The van der Waals surface area contributed by atoms with Crippen molar-refractivity contribution in [2.75, 3.05) is 20.1 Å². The van der Waals surface area contributed by atoms with Gasteiger partial charge in [-0.05, 0) is 52.7 Å². The molecule has 2 aromatic carbocycles. The average Bonchev–Trinajstić information content (AvgIpc) is 2.50. The smallest absolute Gasteiger partial charge is 0.137 e. The molecule has 1 atom stereocenters. The van der Waals surface area contributed by atoms with E-state index in [4.69, 9.17) is 5.73 Å². The van der Waals surface area contributed by atoms with E-state index >= 15 is 0 Å². The molecule has 0 aliphatic heterocycles. The minimum Gasteiger partial charge on any atom is -0.329 e. The molecule has 0 radical (unpaired) electrons. The Morgan fingerprint density at radius 1 is 1.19 bits per heavy atom. The molecule has 0 amide bonds. The summed E-state index contributed by atoms with van der Waals surface area (Å²) in [4.78, 5) is 2.18. The van der Waals surface area contributed by atoms with E-state index in [1.165, 1.54) is 5.56 Å². The van der Waals surface area contributed by atoms with Crippen LogP contribution in [-0.2, 0) is 6.42 Å². The number of nitrogens with two attached hydrogens (primary N) is 1. The van der Waals surface area contributed by atoms with Gasteiger partial charge in [0, 0.05) is 19.1 Å². The zero-order valence-corrected chi connectivity index (χ0v) is 13.7. The van der Waals surface area contributed by atoms with Gasteiger partial charge >= 0.3 is 0 Å². The third kappa shape index (κ3) is 4.37. The van der Waals surface area contributed by atoms with Crippen LogP contribution in [-0.4, -0.2) is 25.0 Å². The predicted molar refractivity (Wildman–Crippen MR) is 88.7 cm³/mol. The summed E-state index contributed by atoms with van der Waals surface area (Å²) in [6, 6.07) is 15.6. The Hall–Kier alpha value is -1.23. The standard InChI is InChI=1S/C17H20BrFN2/c1-21(10-9-13-5-3-2-4-6-13)17(12-20)14-7-8-15(18)16(19)11-14/h2-8,11,17H,9-10,12,20H2,1H3. The van der Waals surface area contributed by atoms with Gasteiger partial charge in [0.25, 0.3) is 0 Å². The minimum atomic E-state index is -0.248. The maximum Gasteiger partial charge on any atom is 0.137 e.